The number of nitro benzene ring substituents is 1. The second-order valence-electron chi connectivity index (χ2n) is 5.55. The summed E-state index contributed by atoms with van der Waals surface area (Å²) in [4.78, 5) is 12.9. The number of benzene rings is 1. The molecule has 0 saturated carbocycles. The maximum atomic E-state index is 10.9. The van der Waals surface area contributed by atoms with Crippen molar-refractivity contribution >= 4 is 28.4 Å². The Morgan fingerprint density at radius 2 is 2.05 bits per heavy atom. The van der Waals surface area contributed by atoms with Crippen LogP contribution in [-0.4, -0.2) is 17.5 Å². The lowest BCUT2D eigenvalue weighted by atomic mass is 9.81. The molecule has 2 rings (SSSR count). The number of hydrogen-bond acceptors (Lipinski definition) is 3. The number of non-ortho nitro benzene ring substituents is 1. The van der Waals surface area contributed by atoms with Gasteiger partial charge < -0.3 is 4.90 Å². The van der Waals surface area contributed by atoms with Crippen molar-refractivity contribution in [1.29, 1.82) is 0 Å². The molecule has 0 amide bonds. The number of hydrogen-bond donors (Lipinski definition) is 0. The average molecular weight is 329 g/mol. The summed E-state index contributed by atoms with van der Waals surface area (Å²) in [6, 6.07) is 5.61. The molecular weight excluding hydrogens is 308 g/mol. The van der Waals surface area contributed by atoms with Crippen LogP contribution >= 0.6 is 17.0 Å². The highest BCUT2D eigenvalue weighted by atomic mass is 79.9. The van der Waals surface area contributed by atoms with Gasteiger partial charge in [-0.15, -0.1) is 17.0 Å². The van der Waals surface area contributed by atoms with E-state index in [0.29, 0.717) is 6.04 Å². The quantitative estimate of drug-likeness (QED) is 0.620. The summed E-state index contributed by atoms with van der Waals surface area (Å²) in [5.41, 5.74) is 2.39. The molecule has 19 heavy (non-hydrogen) atoms. The summed E-state index contributed by atoms with van der Waals surface area (Å²) in [7, 11) is 0. The molecule has 0 saturated heterocycles. The van der Waals surface area contributed by atoms with Crippen molar-refractivity contribution in [1.82, 2.24) is 0 Å². The van der Waals surface area contributed by atoms with E-state index in [-0.39, 0.29) is 33.0 Å². The summed E-state index contributed by atoms with van der Waals surface area (Å²) in [6.45, 7) is 9.67. The maximum absolute atomic E-state index is 10.9. The van der Waals surface area contributed by atoms with Gasteiger partial charge in [-0.3, -0.25) is 10.1 Å². The van der Waals surface area contributed by atoms with E-state index in [0.717, 1.165) is 24.2 Å². The lowest BCUT2D eigenvalue weighted by Gasteiger charge is -2.31. The number of nitrogens with zero attached hydrogens (tertiary/aromatic N) is 2. The minimum absolute atomic E-state index is 0. The van der Waals surface area contributed by atoms with E-state index in [1.807, 2.05) is 6.07 Å². The average Bonchev–Trinajstić information content (AvgIpc) is 2.51. The molecule has 0 aromatic heterocycles. The fourth-order valence-electron chi connectivity index (χ4n) is 2.78. The molecule has 0 fully saturated rings. The number of nitro groups is 1. The number of anilines is 1. The first-order valence-electron chi connectivity index (χ1n) is 6.45. The molecule has 5 heteroatoms. The highest BCUT2D eigenvalue weighted by Crippen LogP contribution is 2.46. The summed E-state index contributed by atoms with van der Waals surface area (Å²) < 4.78 is 0. The zero-order chi connectivity index (χ0) is 13.5. The van der Waals surface area contributed by atoms with Crippen molar-refractivity contribution in [2.45, 2.75) is 45.6 Å². The lowest BCUT2D eigenvalue weighted by Crippen LogP contribution is -2.39. The molecule has 106 valence electrons. The minimum atomic E-state index is -0.316. The summed E-state index contributed by atoms with van der Waals surface area (Å²) in [5.74, 6) is 0. The van der Waals surface area contributed by atoms with E-state index < -0.39 is 0 Å². The first-order valence-corrected chi connectivity index (χ1v) is 6.45. The highest BCUT2D eigenvalue weighted by molar-refractivity contribution is 8.93. The van der Waals surface area contributed by atoms with Crippen LogP contribution in [-0.2, 0) is 5.41 Å². The topological polar surface area (TPSA) is 46.4 Å². The first kappa shape index (κ1) is 16.0. The third kappa shape index (κ3) is 2.48. The number of fused-ring (bicyclic) bond motifs is 1. The number of halogens is 1. The molecule has 0 aliphatic carbocycles. The molecule has 1 aliphatic heterocycles. The normalized spacial score (nSPS) is 19.8. The standard InChI is InChI=1S/C14H20N2O2.BrH/c1-5-8-15-10(2)14(3,4)12-9-11(16(17)18)6-7-13(12)15;/h6-7,9-10H,5,8H2,1-4H3;1H. The van der Waals surface area contributed by atoms with Crippen LogP contribution in [0.3, 0.4) is 0 Å². The van der Waals surface area contributed by atoms with Gasteiger partial charge in [0.15, 0.2) is 0 Å². The van der Waals surface area contributed by atoms with Gasteiger partial charge in [0.2, 0.25) is 0 Å². The van der Waals surface area contributed by atoms with Gasteiger partial charge in [-0.25, -0.2) is 0 Å². The predicted octanol–water partition coefficient (Wildman–Crippen LogP) is 4.07. The van der Waals surface area contributed by atoms with Gasteiger partial charge >= 0.3 is 0 Å². The van der Waals surface area contributed by atoms with Crippen LogP contribution in [0.4, 0.5) is 11.4 Å². The van der Waals surface area contributed by atoms with Gasteiger partial charge in [0.05, 0.1) is 4.92 Å². The van der Waals surface area contributed by atoms with Gasteiger partial charge in [-0.05, 0) is 25.0 Å². The molecule has 1 unspecified atom stereocenters. The van der Waals surface area contributed by atoms with Crippen LogP contribution in [0.25, 0.3) is 0 Å². The molecule has 0 N–H and O–H groups in total. The van der Waals surface area contributed by atoms with Gasteiger partial charge in [0, 0.05) is 35.8 Å². The Labute approximate surface area is 124 Å². The Morgan fingerprint density at radius 1 is 1.42 bits per heavy atom. The maximum Gasteiger partial charge on any atom is 0.269 e. The summed E-state index contributed by atoms with van der Waals surface area (Å²) in [6.07, 6.45) is 1.08. The Bertz CT molecular complexity index is 488. The molecule has 1 atom stereocenters. The van der Waals surface area contributed by atoms with Crippen molar-refractivity contribution in [3.8, 4) is 0 Å². The fourth-order valence-corrected chi connectivity index (χ4v) is 2.78. The Kier molecular flexibility index (Phi) is 4.61. The summed E-state index contributed by atoms with van der Waals surface area (Å²) >= 11 is 0. The molecule has 4 nitrogen and oxygen atoms in total. The predicted molar refractivity (Wildman–Crippen MR) is 83.5 cm³/mol. The van der Waals surface area contributed by atoms with Crippen molar-refractivity contribution in [2.75, 3.05) is 11.4 Å². The van der Waals surface area contributed by atoms with Crippen molar-refractivity contribution in [3.05, 3.63) is 33.9 Å². The van der Waals surface area contributed by atoms with Crippen LogP contribution in [0.1, 0.15) is 39.7 Å². The fraction of sp³-hybridized carbons (Fsp3) is 0.571. The Morgan fingerprint density at radius 3 is 2.58 bits per heavy atom. The lowest BCUT2D eigenvalue weighted by molar-refractivity contribution is -0.384. The van der Waals surface area contributed by atoms with Crippen molar-refractivity contribution < 1.29 is 4.92 Å². The molecule has 0 spiro atoms. The van der Waals surface area contributed by atoms with Gasteiger partial charge in [-0.2, -0.15) is 0 Å². The van der Waals surface area contributed by atoms with E-state index in [4.69, 9.17) is 0 Å². The molecular formula is C14H21BrN2O2. The van der Waals surface area contributed by atoms with Crippen LogP contribution < -0.4 is 4.90 Å². The van der Waals surface area contributed by atoms with E-state index in [1.165, 1.54) is 0 Å². The third-order valence-corrected chi connectivity index (χ3v) is 4.17. The Hall–Kier alpha value is -1.10. The smallest absolute Gasteiger partial charge is 0.269 e. The van der Waals surface area contributed by atoms with E-state index in [9.17, 15) is 10.1 Å². The van der Waals surface area contributed by atoms with Crippen molar-refractivity contribution in [3.63, 3.8) is 0 Å². The second-order valence-corrected chi connectivity index (χ2v) is 5.55. The Balaban J connectivity index is 0.00000180. The molecule has 1 heterocycles. The molecule has 1 aromatic carbocycles. The highest BCUT2D eigenvalue weighted by Gasteiger charge is 2.42. The van der Waals surface area contributed by atoms with Gasteiger partial charge in [0.25, 0.3) is 5.69 Å². The zero-order valence-electron chi connectivity index (χ0n) is 11.8. The monoisotopic (exact) mass is 328 g/mol. The van der Waals surface area contributed by atoms with Crippen LogP contribution in [0.2, 0.25) is 0 Å². The molecule has 0 radical (unpaired) electrons. The minimum Gasteiger partial charge on any atom is -0.368 e. The van der Waals surface area contributed by atoms with Gasteiger partial charge in [-0.1, -0.05) is 20.8 Å². The number of rotatable bonds is 3. The summed E-state index contributed by atoms with van der Waals surface area (Å²) in [5, 5.41) is 10.9. The van der Waals surface area contributed by atoms with Crippen molar-refractivity contribution in [2.24, 2.45) is 0 Å². The molecule has 1 aliphatic rings. The zero-order valence-corrected chi connectivity index (χ0v) is 13.6. The van der Waals surface area contributed by atoms with E-state index >= 15 is 0 Å². The molecule has 1 aromatic rings. The van der Waals surface area contributed by atoms with Crippen LogP contribution in [0.5, 0.6) is 0 Å². The van der Waals surface area contributed by atoms with Crippen LogP contribution in [0, 0.1) is 10.1 Å². The first-order chi connectivity index (χ1) is 8.39. The third-order valence-electron chi connectivity index (χ3n) is 4.17. The van der Waals surface area contributed by atoms with Crippen LogP contribution in [0.15, 0.2) is 18.2 Å². The van der Waals surface area contributed by atoms with Gasteiger partial charge in [0.1, 0.15) is 0 Å². The SMILES string of the molecule is Br.CCCN1c2ccc([N+](=O)[O-])cc2C(C)(C)C1C. The van der Waals surface area contributed by atoms with E-state index in [2.05, 4.69) is 32.6 Å². The second kappa shape index (κ2) is 5.49. The van der Waals surface area contributed by atoms with E-state index in [1.54, 1.807) is 12.1 Å². The largest absolute Gasteiger partial charge is 0.368 e. The molecule has 0 bridgehead atoms.